The third-order valence-electron chi connectivity index (χ3n) is 10.1. The molecule has 2 saturated heterocycles. The zero-order valence-corrected chi connectivity index (χ0v) is 23.1. The normalized spacial score (nSPS) is 32.0. The molecule has 2 aliphatic carbocycles. The molecule has 7 nitrogen and oxygen atoms in total. The summed E-state index contributed by atoms with van der Waals surface area (Å²) in [5, 5.41) is 0. The van der Waals surface area contributed by atoms with Gasteiger partial charge in [-0.05, 0) is 80.9 Å². The highest BCUT2D eigenvalue weighted by molar-refractivity contribution is 5.56. The lowest BCUT2D eigenvalue weighted by Gasteiger charge is -2.45. The minimum absolute atomic E-state index is 0.0274. The van der Waals surface area contributed by atoms with Crippen LogP contribution in [0.1, 0.15) is 88.8 Å². The van der Waals surface area contributed by atoms with Gasteiger partial charge < -0.3 is 0 Å². The summed E-state index contributed by atoms with van der Waals surface area (Å²) in [6.45, 7) is 6.56. The van der Waals surface area contributed by atoms with E-state index in [1.54, 1.807) is 10.8 Å². The van der Waals surface area contributed by atoms with Crippen LogP contribution in [0.25, 0.3) is 5.52 Å². The van der Waals surface area contributed by atoms with Gasteiger partial charge in [0.2, 0.25) is 0 Å². The molecule has 6 rings (SSSR count). The van der Waals surface area contributed by atoms with E-state index in [9.17, 15) is 18.0 Å². The van der Waals surface area contributed by atoms with Crippen LogP contribution in [0.2, 0.25) is 0 Å². The van der Waals surface area contributed by atoms with Crippen LogP contribution in [0.5, 0.6) is 0 Å². The summed E-state index contributed by atoms with van der Waals surface area (Å²) in [7, 11) is 0. The number of hydrazine groups is 2. The molecule has 0 radical (unpaired) electrons. The molecule has 2 aromatic rings. The molecule has 2 aliphatic heterocycles. The van der Waals surface area contributed by atoms with E-state index in [0.717, 1.165) is 51.6 Å². The molecule has 4 fully saturated rings. The topological polar surface area (TPSA) is 65.7 Å². The number of likely N-dealkylation sites (tertiary alicyclic amines) is 1. The van der Waals surface area contributed by atoms with Crippen LogP contribution in [0.15, 0.2) is 23.3 Å². The van der Waals surface area contributed by atoms with Crippen molar-refractivity contribution in [1.82, 2.24) is 30.3 Å². The van der Waals surface area contributed by atoms with E-state index in [1.807, 2.05) is 0 Å². The van der Waals surface area contributed by atoms with Crippen molar-refractivity contribution in [2.75, 3.05) is 13.1 Å². The van der Waals surface area contributed by atoms with E-state index in [4.69, 9.17) is 0 Å². The van der Waals surface area contributed by atoms with Crippen molar-refractivity contribution in [3.8, 4) is 0 Å². The Morgan fingerprint density at radius 3 is 2.44 bits per heavy atom. The summed E-state index contributed by atoms with van der Waals surface area (Å²) in [5.74, 6) is 2.11. The summed E-state index contributed by atoms with van der Waals surface area (Å²) in [4.78, 5) is 15.9. The first-order valence-corrected chi connectivity index (χ1v) is 15.0. The molecule has 0 spiro atoms. The summed E-state index contributed by atoms with van der Waals surface area (Å²) in [5.41, 5.74) is 9.31. The van der Waals surface area contributed by atoms with E-state index in [-0.39, 0.29) is 17.2 Å². The van der Waals surface area contributed by atoms with Gasteiger partial charge in [0.1, 0.15) is 0 Å². The number of nitrogens with zero attached hydrogens (tertiary/aromatic N) is 3. The van der Waals surface area contributed by atoms with Gasteiger partial charge in [0.05, 0.1) is 11.1 Å². The van der Waals surface area contributed by atoms with Gasteiger partial charge in [0.25, 0.3) is 0 Å². The second kappa shape index (κ2) is 10.8. The molecule has 4 aliphatic rings. The standard InChI is InChI=1S/C29H43F3N6O/c1-18-6-5-11-36(14-18)15-20-12-24(29(30,31)32)25-17-37(28(39)38(25)16-20)23-10-4-9-22(13-23)26(21-7-3-8-21)27-19(2)33-35-34-27/h12,16-19,21-23,26-27,33-35H,3-11,13-15H2,1-2H3/t18-,19?,22?,23?,26+,27?/m0/s1. The Kier molecular flexibility index (Phi) is 7.58. The number of piperidine rings is 1. The average Bonchev–Trinajstić information content (AvgIpc) is 3.43. The number of aromatic nitrogens is 2. The molecule has 0 amide bonds. The van der Waals surface area contributed by atoms with Gasteiger partial charge in [-0.15, -0.1) is 0 Å². The monoisotopic (exact) mass is 548 g/mol. The van der Waals surface area contributed by atoms with Crippen molar-refractivity contribution in [3.05, 3.63) is 40.1 Å². The lowest BCUT2D eigenvalue weighted by Crippen LogP contribution is -2.48. The lowest BCUT2D eigenvalue weighted by molar-refractivity contribution is -0.136. The Bertz CT molecular complexity index is 1220. The van der Waals surface area contributed by atoms with Crippen molar-refractivity contribution < 1.29 is 13.2 Å². The van der Waals surface area contributed by atoms with Crippen LogP contribution in [0.4, 0.5) is 13.2 Å². The van der Waals surface area contributed by atoms with Crippen molar-refractivity contribution in [1.29, 1.82) is 0 Å². The number of hydrogen-bond donors (Lipinski definition) is 3. The van der Waals surface area contributed by atoms with Gasteiger partial charge in [-0.2, -0.15) is 18.7 Å². The molecule has 0 bridgehead atoms. The van der Waals surface area contributed by atoms with Gasteiger partial charge in [0, 0.05) is 43.6 Å². The summed E-state index contributed by atoms with van der Waals surface area (Å²) < 4.78 is 45.7. The highest BCUT2D eigenvalue weighted by Gasteiger charge is 2.44. The first kappa shape index (κ1) is 27.3. The number of fused-ring (bicyclic) bond motifs is 1. The molecule has 0 aromatic carbocycles. The molecule has 3 N–H and O–H groups in total. The summed E-state index contributed by atoms with van der Waals surface area (Å²) in [6.07, 6.45) is 8.32. The van der Waals surface area contributed by atoms with Crippen molar-refractivity contribution in [3.63, 3.8) is 0 Å². The largest absolute Gasteiger partial charge is 0.418 e. The van der Waals surface area contributed by atoms with E-state index in [1.165, 1.54) is 35.9 Å². The van der Waals surface area contributed by atoms with Gasteiger partial charge in [-0.3, -0.25) is 13.9 Å². The fourth-order valence-electron chi connectivity index (χ4n) is 8.01. The van der Waals surface area contributed by atoms with Crippen LogP contribution >= 0.6 is 0 Å². The number of rotatable bonds is 6. The Hall–Kier alpha value is -1.88. The Balaban J connectivity index is 1.31. The second-order valence-electron chi connectivity index (χ2n) is 12.9. The highest BCUT2D eigenvalue weighted by atomic mass is 19.4. The number of alkyl halides is 3. The summed E-state index contributed by atoms with van der Waals surface area (Å²) in [6, 6.07) is 1.79. The smallest absolute Gasteiger partial charge is 0.299 e. The van der Waals surface area contributed by atoms with E-state index >= 15 is 0 Å². The maximum atomic E-state index is 14.3. The van der Waals surface area contributed by atoms with Crippen LogP contribution < -0.4 is 22.1 Å². The van der Waals surface area contributed by atoms with Crippen LogP contribution in [-0.2, 0) is 12.7 Å². The molecule has 2 saturated carbocycles. The van der Waals surface area contributed by atoms with Crippen molar-refractivity contribution in [2.45, 2.75) is 102 Å². The summed E-state index contributed by atoms with van der Waals surface area (Å²) >= 11 is 0. The number of halogens is 3. The zero-order chi connectivity index (χ0) is 27.3. The van der Waals surface area contributed by atoms with Gasteiger partial charge in [-0.25, -0.2) is 15.6 Å². The predicted molar refractivity (Wildman–Crippen MR) is 145 cm³/mol. The minimum atomic E-state index is -4.52. The number of hydrogen-bond acceptors (Lipinski definition) is 5. The van der Waals surface area contributed by atoms with E-state index < -0.39 is 11.7 Å². The molecule has 10 heteroatoms. The SMILES string of the molecule is CC1NNNC1[C@H](C1CCC1)C1CCCC(n2cc3c(C(F)(F)F)cc(CN4CCC[C@H](C)C4)cn3c2=O)C1. The highest BCUT2D eigenvalue weighted by Crippen LogP contribution is 2.47. The Labute approximate surface area is 228 Å². The van der Waals surface area contributed by atoms with Crippen LogP contribution in [-0.4, -0.2) is 39.0 Å². The van der Waals surface area contributed by atoms with Gasteiger partial charge >= 0.3 is 11.9 Å². The lowest BCUT2D eigenvalue weighted by atomic mass is 9.63. The Morgan fingerprint density at radius 2 is 1.77 bits per heavy atom. The fourth-order valence-corrected chi connectivity index (χ4v) is 8.01. The fraction of sp³-hybridized carbons (Fsp3) is 0.759. The zero-order valence-electron chi connectivity index (χ0n) is 23.1. The number of pyridine rings is 1. The number of nitrogens with one attached hydrogen (secondary N) is 3. The first-order valence-electron chi connectivity index (χ1n) is 15.0. The molecule has 6 atom stereocenters. The molecular formula is C29H43F3N6O. The molecule has 216 valence electrons. The maximum absolute atomic E-state index is 14.3. The van der Waals surface area contributed by atoms with Crippen LogP contribution in [0.3, 0.4) is 0 Å². The Morgan fingerprint density at radius 1 is 1.00 bits per heavy atom. The molecule has 4 heterocycles. The third-order valence-corrected chi connectivity index (χ3v) is 10.1. The van der Waals surface area contributed by atoms with Crippen molar-refractivity contribution in [2.24, 2.45) is 23.7 Å². The van der Waals surface area contributed by atoms with Gasteiger partial charge in [0.15, 0.2) is 0 Å². The molecule has 39 heavy (non-hydrogen) atoms. The third kappa shape index (κ3) is 5.42. The molecular weight excluding hydrogens is 505 g/mol. The van der Waals surface area contributed by atoms with E-state index in [0.29, 0.717) is 47.9 Å². The second-order valence-corrected chi connectivity index (χ2v) is 12.9. The quantitative estimate of drug-likeness (QED) is 0.481. The van der Waals surface area contributed by atoms with E-state index in [2.05, 4.69) is 35.1 Å². The average molecular weight is 549 g/mol. The molecule has 2 aromatic heterocycles. The molecule has 4 unspecified atom stereocenters. The maximum Gasteiger partial charge on any atom is 0.418 e. The minimum Gasteiger partial charge on any atom is -0.299 e. The van der Waals surface area contributed by atoms with Gasteiger partial charge in [-0.1, -0.05) is 32.6 Å². The van der Waals surface area contributed by atoms with Crippen LogP contribution in [0, 0.1) is 23.7 Å². The first-order chi connectivity index (χ1) is 18.7. The number of imidazole rings is 1. The predicted octanol–water partition coefficient (Wildman–Crippen LogP) is 4.87. The van der Waals surface area contributed by atoms with Crippen molar-refractivity contribution >= 4 is 5.52 Å².